The molecule has 1 heterocycles. The molecule has 2 rings (SSSR count). The average Bonchev–Trinajstić information content (AvgIpc) is 2.86. The van der Waals surface area contributed by atoms with Crippen LogP contribution in [0.3, 0.4) is 0 Å². The van der Waals surface area contributed by atoms with Crippen LogP contribution >= 0.6 is 0 Å². The Morgan fingerprint density at radius 3 is 2.70 bits per heavy atom. The Morgan fingerprint density at radius 1 is 1.43 bits per heavy atom. The second-order valence-electron chi connectivity index (χ2n) is 5.05. The number of carboxylic acid groups (broad SMARTS) is 1. The van der Waals surface area contributed by atoms with Crippen molar-refractivity contribution < 1.29 is 22.7 Å². The van der Waals surface area contributed by atoms with Crippen molar-refractivity contribution in [2.45, 2.75) is 18.2 Å². The molecular weight excluding hydrogens is 325 g/mol. The molecule has 0 bridgehead atoms. The molecule has 0 aliphatic heterocycles. The molecule has 1 aromatic carbocycles. The van der Waals surface area contributed by atoms with Crippen LogP contribution in [0, 0.1) is 12.7 Å². The van der Waals surface area contributed by atoms with Gasteiger partial charge in [0.1, 0.15) is 5.82 Å². The van der Waals surface area contributed by atoms with E-state index in [9.17, 15) is 17.6 Å². The van der Waals surface area contributed by atoms with Gasteiger partial charge in [0, 0.05) is 19.8 Å². The number of sulfonamides is 1. The lowest BCUT2D eigenvalue weighted by Crippen LogP contribution is -2.26. The fourth-order valence-corrected chi connectivity index (χ4v) is 3.11. The Bertz CT molecular complexity index is 846. The summed E-state index contributed by atoms with van der Waals surface area (Å²) >= 11 is 0. The van der Waals surface area contributed by atoms with Crippen LogP contribution in [-0.2, 0) is 23.5 Å². The van der Waals surface area contributed by atoms with E-state index in [1.165, 1.54) is 6.92 Å². The molecule has 0 fully saturated rings. The van der Waals surface area contributed by atoms with Crippen LogP contribution in [0.1, 0.15) is 21.5 Å². The van der Waals surface area contributed by atoms with Gasteiger partial charge in [-0.1, -0.05) is 0 Å². The van der Waals surface area contributed by atoms with Crippen LogP contribution in [0.15, 0.2) is 29.4 Å². The normalized spacial score (nSPS) is 11.6. The maximum atomic E-state index is 13.8. The first kappa shape index (κ1) is 17.1. The molecule has 7 nitrogen and oxygen atoms in total. The smallest absolute Gasteiger partial charge is 0.336 e. The number of carbonyl (C=O) groups is 1. The molecule has 2 N–H and O–H groups in total. The number of halogens is 1. The van der Waals surface area contributed by atoms with E-state index in [-0.39, 0.29) is 17.7 Å². The molecule has 1 aromatic heterocycles. The summed E-state index contributed by atoms with van der Waals surface area (Å²) < 4.78 is 42.0. The Kier molecular flexibility index (Phi) is 4.81. The lowest BCUT2D eigenvalue weighted by Gasteiger charge is -2.09. The van der Waals surface area contributed by atoms with E-state index in [2.05, 4.69) is 9.82 Å². The Morgan fingerprint density at radius 2 is 2.13 bits per heavy atom. The summed E-state index contributed by atoms with van der Waals surface area (Å²) in [7, 11) is -2.25. The van der Waals surface area contributed by atoms with Crippen molar-refractivity contribution in [1.29, 1.82) is 0 Å². The average molecular weight is 341 g/mol. The third-order valence-electron chi connectivity index (χ3n) is 3.32. The lowest BCUT2D eigenvalue weighted by atomic mass is 10.1. The minimum Gasteiger partial charge on any atom is -0.478 e. The summed E-state index contributed by atoms with van der Waals surface area (Å²) in [5.41, 5.74) is 0.362. The van der Waals surface area contributed by atoms with Crippen LogP contribution < -0.4 is 4.72 Å². The molecule has 23 heavy (non-hydrogen) atoms. The third kappa shape index (κ3) is 3.93. The van der Waals surface area contributed by atoms with Gasteiger partial charge in [0.2, 0.25) is 10.0 Å². The van der Waals surface area contributed by atoms with E-state index in [1.54, 1.807) is 24.1 Å². The molecule has 0 aliphatic rings. The van der Waals surface area contributed by atoms with Crippen molar-refractivity contribution in [3.05, 3.63) is 47.0 Å². The molecule has 0 spiro atoms. The number of nitrogens with zero attached hydrogens (tertiary/aromatic N) is 2. The maximum Gasteiger partial charge on any atom is 0.336 e. The lowest BCUT2D eigenvalue weighted by molar-refractivity contribution is 0.0695. The maximum absolute atomic E-state index is 13.8. The summed E-state index contributed by atoms with van der Waals surface area (Å²) in [6.07, 6.45) is 3.78. The number of benzene rings is 1. The van der Waals surface area contributed by atoms with Gasteiger partial charge in [0.15, 0.2) is 0 Å². The second kappa shape index (κ2) is 6.47. The van der Waals surface area contributed by atoms with E-state index in [1.807, 2.05) is 0 Å². The molecule has 2 aromatic rings. The van der Waals surface area contributed by atoms with Crippen LogP contribution in [0.25, 0.3) is 0 Å². The number of carboxylic acids is 1. The van der Waals surface area contributed by atoms with E-state index >= 15 is 0 Å². The number of aromatic carboxylic acids is 1. The highest BCUT2D eigenvalue weighted by Gasteiger charge is 2.20. The van der Waals surface area contributed by atoms with E-state index in [0.29, 0.717) is 6.42 Å². The van der Waals surface area contributed by atoms with E-state index < -0.39 is 26.7 Å². The fourth-order valence-electron chi connectivity index (χ4n) is 2.05. The number of rotatable bonds is 6. The van der Waals surface area contributed by atoms with Gasteiger partial charge in [-0.05, 0) is 36.6 Å². The van der Waals surface area contributed by atoms with Crippen molar-refractivity contribution in [2.75, 3.05) is 6.54 Å². The zero-order valence-corrected chi connectivity index (χ0v) is 13.4. The van der Waals surface area contributed by atoms with Crippen LogP contribution in [0.2, 0.25) is 0 Å². The fraction of sp³-hybridized carbons (Fsp3) is 0.286. The molecule has 0 radical (unpaired) electrons. The van der Waals surface area contributed by atoms with E-state index in [0.717, 1.165) is 17.7 Å². The molecular formula is C14H16FN3O4S. The number of nitrogens with one attached hydrogen (secondary N) is 1. The van der Waals surface area contributed by atoms with Crippen molar-refractivity contribution >= 4 is 16.0 Å². The number of hydrogen-bond acceptors (Lipinski definition) is 4. The number of aromatic nitrogens is 2. The molecule has 0 saturated heterocycles. The summed E-state index contributed by atoms with van der Waals surface area (Å²) in [5, 5.41) is 13.0. The minimum atomic E-state index is -4.00. The molecule has 0 atom stereocenters. The highest BCUT2D eigenvalue weighted by molar-refractivity contribution is 7.89. The monoisotopic (exact) mass is 341 g/mol. The Balaban J connectivity index is 2.17. The SMILES string of the molecule is Cc1c(F)cc(S(=O)(=O)NCCc2cnn(C)c2)cc1C(=O)O. The number of aryl methyl sites for hydroxylation is 1. The zero-order valence-electron chi connectivity index (χ0n) is 12.6. The van der Waals surface area contributed by atoms with Crippen molar-refractivity contribution in [3.8, 4) is 0 Å². The minimum absolute atomic E-state index is 0.0892. The predicted molar refractivity (Wildman–Crippen MR) is 80.2 cm³/mol. The summed E-state index contributed by atoms with van der Waals surface area (Å²) in [6, 6.07) is 1.77. The first-order valence-electron chi connectivity index (χ1n) is 6.71. The third-order valence-corrected chi connectivity index (χ3v) is 4.76. The van der Waals surface area contributed by atoms with Gasteiger partial charge in [-0.3, -0.25) is 4.68 Å². The zero-order chi connectivity index (χ0) is 17.2. The highest BCUT2D eigenvalue weighted by atomic mass is 32.2. The van der Waals surface area contributed by atoms with Gasteiger partial charge >= 0.3 is 5.97 Å². The first-order valence-corrected chi connectivity index (χ1v) is 8.19. The number of hydrogen-bond donors (Lipinski definition) is 2. The van der Waals surface area contributed by atoms with Crippen LogP contribution in [-0.4, -0.2) is 35.8 Å². The largest absolute Gasteiger partial charge is 0.478 e. The summed E-state index contributed by atoms with van der Waals surface area (Å²) in [5.74, 6) is -2.26. The standard InChI is InChI=1S/C14H16FN3O4S/c1-9-12(14(19)20)5-11(6-13(9)15)23(21,22)17-4-3-10-7-16-18(2)8-10/h5-8,17H,3-4H2,1-2H3,(H,19,20). The van der Waals surface area contributed by atoms with Crippen molar-refractivity contribution in [1.82, 2.24) is 14.5 Å². The van der Waals surface area contributed by atoms with Crippen LogP contribution in [0.5, 0.6) is 0 Å². The van der Waals surface area contributed by atoms with Gasteiger partial charge in [-0.2, -0.15) is 5.10 Å². The first-order chi connectivity index (χ1) is 10.7. The molecule has 0 amide bonds. The van der Waals surface area contributed by atoms with Crippen molar-refractivity contribution in [3.63, 3.8) is 0 Å². The quantitative estimate of drug-likeness (QED) is 0.819. The predicted octanol–water partition coefficient (Wildman–Crippen LogP) is 1.09. The molecule has 9 heteroatoms. The van der Waals surface area contributed by atoms with Gasteiger partial charge < -0.3 is 5.11 Å². The molecule has 0 aliphatic carbocycles. The van der Waals surface area contributed by atoms with Gasteiger partial charge in [0.05, 0.1) is 16.7 Å². The molecule has 0 unspecified atom stereocenters. The second-order valence-corrected chi connectivity index (χ2v) is 6.82. The Hall–Kier alpha value is -2.26. The van der Waals surface area contributed by atoms with Gasteiger partial charge in [0.25, 0.3) is 0 Å². The summed E-state index contributed by atoms with van der Waals surface area (Å²) in [4.78, 5) is 10.7. The van der Waals surface area contributed by atoms with Gasteiger partial charge in [-0.15, -0.1) is 0 Å². The van der Waals surface area contributed by atoms with Crippen molar-refractivity contribution in [2.24, 2.45) is 7.05 Å². The summed E-state index contributed by atoms with van der Waals surface area (Å²) in [6.45, 7) is 1.37. The van der Waals surface area contributed by atoms with Crippen LogP contribution in [0.4, 0.5) is 4.39 Å². The molecule has 0 saturated carbocycles. The highest BCUT2D eigenvalue weighted by Crippen LogP contribution is 2.19. The Labute approximate surface area is 132 Å². The topological polar surface area (TPSA) is 101 Å². The van der Waals surface area contributed by atoms with Gasteiger partial charge in [-0.25, -0.2) is 22.3 Å². The van der Waals surface area contributed by atoms with E-state index in [4.69, 9.17) is 5.11 Å². The molecule has 124 valence electrons.